The summed E-state index contributed by atoms with van der Waals surface area (Å²) in [6.07, 6.45) is 0. The molecule has 5 heteroatoms. The standard InChI is InChI=1S/C18H26N2O3/c1-14-16(13-21-2)15-5-4-6-17(22-3)18(15)20(14)8-7-19-9-11-23-12-10-19/h4-6H,7-13H2,1-3H3. The zero-order valence-electron chi connectivity index (χ0n) is 14.3. The average Bonchev–Trinajstić information content (AvgIpc) is 2.86. The Bertz CT molecular complexity index is 660. The minimum atomic E-state index is 0.625. The monoisotopic (exact) mass is 318 g/mol. The molecule has 5 nitrogen and oxygen atoms in total. The summed E-state index contributed by atoms with van der Waals surface area (Å²) in [7, 11) is 3.48. The van der Waals surface area contributed by atoms with Gasteiger partial charge in [-0.15, -0.1) is 0 Å². The molecule has 0 spiro atoms. The number of fused-ring (bicyclic) bond motifs is 1. The fraction of sp³-hybridized carbons (Fsp3) is 0.556. The van der Waals surface area contributed by atoms with Gasteiger partial charge in [0.05, 0.1) is 32.4 Å². The van der Waals surface area contributed by atoms with E-state index in [1.165, 1.54) is 22.2 Å². The Morgan fingerprint density at radius 3 is 2.61 bits per heavy atom. The molecule has 23 heavy (non-hydrogen) atoms. The highest BCUT2D eigenvalue weighted by Crippen LogP contribution is 2.33. The number of nitrogens with zero attached hydrogens (tertiary/aromatic N) is 2. The lowest BCUT2D eigenvalue weighted by molar-refractivity contribution is 0.0364. The maximum absolute atomic E-state index is 5.61. The predicted molar refractivity (Wildman–Crippen MR) is 91.2 cm³/mol. The van der Waals surface area contributed by atoms with Crippen molar-refractivity contribution >= 4 is 10.9 Å². The number of aromatic nitrogens is 1. The van der Waals surface area contributed by atoms with Crippen LogP contribution in [0.1, 0.15) is 11.3 Å². The summed E-state index contributed by atoms with van der Waals surface area (Å²) < 4.78 is 18.8. The maximum Gasteiger partial charge on any atom is 0.143 e. The molecule has 0 unspecified atom stereocenters. The zero-order valence-corrected chi connectivity index (χ0v) is 14.3. The molecule has 0 radical (unpaired) electrons. The zero-order chi connectivity index (χ0) is 16.2. The molecule has 0 amide bonds. The third-order valence-corrected chi connectivity index (χ3v) is 4.69. The number of hydrogen-bond acceptors (Lipinski definition) is 4. The van der Waals surface area contributed by atoms with Crippen LogP contribution in [0.25, 0.3) is 10.9 Å². The van der Waals surface area contributed by atoms with E-state index in [4.69, 9.17) is 14.2 Å². The quantitative estimate of drug-likeness (QED) is 0.819. The van der Waals surface area contributed by atoms with E-state index in [0.29, 0.717) is 6.61 Å². The first-order valence-corrected chi connectivity index (χ1v) is 8.20. The van der Waals surface area contributed by atoms with Gasteiger partial charge in [-0.05, 0) is 13.0 Å². The Labute approximate surface area is 137 Å². The van der Waals surface area contributed by atoms with Gasteiger partial charge in [0.1, 0.15) is 5.75 Å². The summed E-state index contributed by atoms with van der Waals surface area (Å²) in [6, 6.07) is 6.24. The molecule has 1 aliphatic heterocycles. The van der Waals surface area contributed by atoms with Gasteiger partial charge in [-0.2, -0.15) is 0 Å². The Hall–Kier alpha value is -1.56. The maximum atomic E-state index is 5.61. The van der Waals surface area contributed by atoms with Crippen LogP contribution in [0.3, 0.4) is 0 Å². The molecule has 1 aromatic carbocycles. The molecule has 0 saturated carbocycles. The van der Waals surface area contributed by atoms with Gasteiger partial charge in [0.15, 0.2) is 0 Å². The molecule has 1 aromatic heterocycles. The van der Waals surface area contributed by atoms with Gasteiger partial charge in [0.2, 0.25) is 0 Å². The van der Waals surface area contributed by atoms with Gasteiger partial charge < -0.3 is 18.8 Å². The largest absolute Gasteiger partial charge is 0.495 e. The van der Waals surface area contributed by atoms with Gasteiger partial charge in [0, 0.05) is 49.9 Å². The van der Waals surface area contributed by atoms with Gasteiger partial charge in [-0.3, -0.25) is 4.90 Å². The second kappa shape index (κ2) is 7.34. The summed E-state index contributed by atoms with van der Waals surface area (Å²) in [5, 5.41) is 1.23. The Morgan fingerprint density at radius 1 is 1.13 bits per heavy atom. The lowest BCUT2D eigenvalue weighted by Crippen LogP contribution is -2.38. The highest BCUT2D eigenvalue weighted by Gasteiger charge is 2.18. The first-order valence-electron chi connectivity index (χ1n) is 8.20. The number of benzene rings is 1. The van der Waals surface area contributed by atoms with Crippen LogP contribution in [0.4, 0.5) is 0 Å². The van der Waals surface area contributed by atoms with Crippen molar-refractivity contribution in [1.82, 2.24) is 9.47 Å². The molecule has 0 atom stereocenters. The molecule has 1 fully saturated rings. The van der Waals surface area contributed by atoms with E-state index in [2.05, 4.69) is 22.5 Å². The molecule has 0 bridgehead atoms. The molecule has 3 rings (SSSR count). The number of methoxy groups -OCH3 is 2. The van der Waals surface area contributed by atoms with Crippen LogP contribution in [-0.2, 0) is 22.6 Å². The molecular formula is C18H26N2O3. The summed E-state index contributed by atoms with van der Waals surface area (Å²) >= 11 is 0. The second-order valence-corrected chi connectivity index (χ2v) is 5.96. The number of ether oxygens (including phenoxy) is 3. The van der Waals surface area contributed by atoms with E-state index < -0.39 is 0 Å². The van der Waals surface area contributed by atoms with Crippen molar-refractivity contribution in [2.24, 2.45) is 0 Å². The second-order valence-electron chi connectivity index (χ2n) is 5.96. The third-order valence-electron chi connectivity index (χ3n) is 4.69. The smallest absolute Gasteiger partial charge is 0.143 e. The van der Waals surface area contributed by atoms with Crippen LogP contribution in [0.5, 0.6) is 5.75 Å². The van der Waals surface area contributed by atoms with Crippen LogP contribution in [0.2, 0.25) is 0 Å². The van der Waals surface area contributed by atoms with Crippen molar-refractivity contribution in [3.63, 3.8) is 0 Å². The van der Waals surface area contributed by atoms with E-state index >= 15 is 0 Å². The molecule has 0 aliphatic carbocycles. The molecule has 126 valence electrons. The highest BCUT2D eigenvalue weighted by molar-refractivity contribution is 5.90. The van der Waals surface area contributed by atoms with Gasteiger partial charge in [-0.25, -0.2) is 0 Å². The SMILES string of the molecule is COCc1c(C)n(CCN2CCOCC2)c2c(OC)cccc12. The summed E-state index contributed by atoms with van der Waals surface area (Å²) in [5.74, 6) is 0.926. The van der Waals surface area contributed by atoms with Gasteiger partial charge in [-0.1, -0.05) is 12.1 Å². The van der Waals surface area contributed by atoms with E-state index in [9.17, 15) is 0 Å². The summed E-state index contributed by atoms with van der Waals surface area (Å²) in [6.45, 7) is 8.48. The summed E-state index contributed by atoms with van der Waals surface area (Å²) in [4.78, 5) is 2.46. The highest BCUT2D eigenvalue weighted by atomic mass is 16.5. The molecule has 2 aromatic rings. The average molecular weight is 318 g/mol. The van der Waals surface area contributed by atoms with E-state index in [1.807, 2.05) is 12.1 Å². The van der Waals surface area contributed by atoms with Crippen molar-refractivity contribution in [1.29, 1.82) is 0 Å². The van der Waals surface area contributed by atoms with Crippen molar-refractivity contribution in [3.05, 3.63) is 29.5 Å². The van der Waals surface area contributed by atoms with Crippen molar-refractivity contribution in [2.75, 3.05) is 47.1 Å². The molecule has 1 aliphatic rings. The Balaban J connectivity index is 1.95. The number of hydrogen-bond donors (Lipinski definition) is 0. The minimum absolute atomic E-state index is 0.625. The topological polar surface area (TPSA) is 35.9 Å². The van der Waals surface area contributed by atoms with Crippen LogP contribution >= 0.6 is 0 Å². The van der Waals surface area contributed by atoms with Crippen LogP contribution in [0, 0.1) is 6.92 Å². The lowest BCUT2D eigenvalue weighted by Gasteiger charge is -2.27. The predicted octanol–water partition coefficient (Wildman–Crippen LogP) is 2.44. The first kappa shape index (κ1) is 16.3. The Kier molecular flexibility index (Phi) is 5.20. The number of morpholine rings is 1. The number of para-hydroxylation sites is 1. The normalized spacial score (nSPS) is 16.1. The van der Waals surface area contributed by atoms with Crippen molar-refractivity contribution in [3.8, 4) is 5.75 Å². The minimum Gasteiger partial charge on any atom is -0.495 e. The molecule has 1 saturated heterocycles. The van der Waals surface area contributed by atoms with E-state index in [1.54, 1.807) is 14.2 Å². The number of rotatable bonds is 6. The van der Waals surface area contributed by atoms with Crippen LogP contribution in [0.15, 0.2) is 18.2 Å². The van der Waals surface area contributed by atoms with Crippen molar-refractivity contribution in [2.45, 2.75) is 20.1 Å². The molecular weight excluding hydrogens is 292 g/mol. The van der Waals surface area contributed by atoms with Crippen LogP contribution < -0.4 is 4.74 Å². The van der Waals surface area contributed by atoms with E-state index in [0.717, 1.165) is 45.1 Å². The fourth-order valence-corrected chi connectivity index (χ4v) is 3.41. The van der Waals surface area contributed by atoms with Gasteiger partial charge in [0.25, 0.3) is 0 Å². The summed E-state index contributed by atoms with van der Waals surface area (Å²) in [5.41, 5.74) is 3.69. The third kappa shape index (κ3) is 3.22. The van der Waals surface area contributed by atoms with E-state index in [-0.39, 0.29) is 0 Å². The molecule has 0 N–H and O–H groups in total. The van der Waals surface area contributed by atoms with Gasteiger partial charge >= 0.3 is 0 Å². The first-order chi connectivity index (χ1) is 11.3. The van der Waals surface area contributed by atoms with Crippen LogP contribution in [-0.4, -0.2) is 56.5 Å². The Morgan fingerprint density at radius 2 is 1.91 bits per heavy atom. The molecule has 2 heterocycles. The lowest BCUT2D eigenvalue weighted by atomic mass is 10.1. The fourth-order valence-electron chi connectivity index (χ4n) is 3.41. The van der Waals surface area contributed by atoms with Crippen molar-refractivity contribution < 1.29 is 14.2 Å².